The zero-order valence-corrected chi connectivity index (χ0v) is 15.7. The van der Waals surface area contributed by atoms with E-state index in [9.17, 15) is 17.3 Å². The second-order valence-electron chi connectivity index (χ2n) is 5.86. The third-order valence-corrected chi connectivity index (χ3v) is 5.04. The highest BCUT2D eigenvalue weighted by molar-refractivity contribution is 7.78. The Morgan fingerprint density at radius 1 is 0.750 bits per heavy atom. The van der Waals surface area contributed by atoms with E-state index in [1.54, 1.807) is 0 Å². The fourth-order valence-electron chi connectivity index (χ4n) is 2.55. The van der Waals surface area contributed by atoms with Gasteiger partial charge >= 0.3 is 7.25 Å². The van der Waals surface area contributed by atoms with Crippen molar-refractivity contribution in [3.8, 4) is 11.1 Å². The Balaban J connectivity index is 0.000000505. The Morgan fingerprint density at radius 3 is 1.79 bits per heavy atom. The Bertz CT molecular complexity index is 718. The van der Waals surface area contributed by atoms with Crippen LogP contribution in [0.3, 0.4) is 0 Å². The van der Waals surface area contributed by atoms with Crippen LogP contribution >= 0.6 is 0 Å². The lowest BCUT2D eigenvalue weighted by atomic mass is 9.90. The summed E-state index contributed by atoms with van der Waals surface area (Å²) in [5.74, 6) is 0. The molecule has 2 aromatic rings. The van der Waals surface area contributed by atoms with Gasteiger partial charge in [0.05, 0.1) is 0 Å². The van der Waals surface area contributed by atoms with E-state index in [1.807, 2.05) is 0 Å². The summed E-state index contributed by atoms with van der Waals surface area (Å²) >= 11 is 1.33. The summed E-state index contributed by atoms with van der Waals surface area (Å²) < 4.78 is 39.0. The van der Waals surface area contributed by atoms with E-state index < -0.39 is 7.25 Å². The lowest BCUT2D eigenvalue weighted by Crippen LogP contribution is -2.02. The SMILES string of the molecule is C[SH+]c1ccc(C)cc1-c1cc(C)c(C)c(C)c1C.F[B-](F)(F)F. The summed E-state index contributed by atoms with van der Waals surface area (Å²) in [7, 11) is -6.00. The van der Waals surface area contributed by atoms with Crippen LogP contribution in [0, 0.1) is 34.6 Å². The van der Waals surface area contributed by atoms with E-state index >= 15 is 0 Å². The number of hydrogen-bond acceptors (Lipinski definition) is 0. The van der Waals surface area contributed by atoms with Gasteiger partial charge in [-0.2, -0.15) is 0 Å². The van der Waals surface area contributed by atoms with Gasteiger partial charge in [-0.1, -0.05) is 17.7 Å². The average molecular weight is 358 g/mol. The number of halogens is 4. The molecule has 0 bridgehead atoms. The predicted octanol–water partition coefficient (Wildman–Crippen LogP) is 6.00. The second kappa shape index (κ2) is 8.10. The first-order valence-corrected chi connectivity index (χ1v) is 8.95. The van der Waals surface area contributed by atoms with Crippen LogP contribution < -0.4 is 0 Å². The van der Waals surface area contributed by atoms with Gasteiger partial charge in [0.25, 0.3) is 0 Å². The van der Waals surface area contributed by atoms with Crippen LogP contribution in [0.2, 0.25) is 0 Å². The van der Waals surface area contributed by atoms with Crippen molar-refractivity contribution in [1.82, 2.24) is 0 Å². The first-order chi connectivity index (χ1) is 11.0. The van der Waals surface area contributed by atoms with Gasteiger partial charge in [0.15, 0.2) is 4.90 Å². The molecular weight excluding hydrogens is 335 g/mol. The number of hydrogen-bond donors (Lipinski definition) is 0. The molecule has 0 aliphatic carbocycles. The van der Waals surface area contributed by atoms with Gasteiger partial charge in [-0.15, -0.1) is 0 Å². The second-order valence-corrected chi connectivity index (χ2v) is 6.78. The normalized spacial score (nSPS) is 11.1. The standard InChI is InChI=1S/C18H22S.BF4/c1-11-7-8-18(19-6)17(9-11)16-10-12(2)13(3)14(4)15(16)5;2-1(3,4)5/h7-10H,1-6H3;/q;-1/p+1. The first-order valence-electron chi connectivity index (χ1n) is 7.61. The first kappa shape index (κ1) is 20.6. The zero-order chi connectivity index (χ0) is 18.7. The molecule has 0 spiro atoms. The molecule has 0 saturated carbocycles. The molecule has 2 rings (SSSR count). The predicted molar refractivity (Wildman–Crippen MR) is 98.7 cm³/mol. The summed E-state index contributed by atoms with van der Waals surface area (Å²) in [5.41, 5.74) is 9.77. The maximum Gasteiger partial charge on any atom is 0.673 e. The molecule has 0 aliphatic rings. The third-order valence-electron chi connectivity index (χ3n) is 4.16. The van der Waals surface area contributed by atoms with E-state index in [1.165, 1.54) is 55.6 Å². The Hall–Kier alpha value is -1.43. The molecule has 24 heavy (non-hydrogen) atoms. The molecule has 0 atom stereocenters. The van der Waals surface area contributed by atoms with E-state index in [2.05, 4.69) is 65.1 Å². The van der Waals surface area contributed by atoms with Gasteiger partial charge in [0.2, 0.25) is 0 Å². The third kappa shape index (κ3) is 5.58. The van der Waals surface area contributed by atoms with Gasteiger partial charge in [0.1, 0.15) is 6.26 Å². The maximum absolute atomic E-state index is 9.75. The Labute approximate surface area is 145 Å². The molecule has 6 heteroatoms. The van der Waals surface area contributed by atoms with E-state index in [0.717, 1.165) is 0 Å². The van der Waals surface area contributed by atoms with Crippen LogP contribution in [-0.2, 0) is 11.8 Å². The largest absolute Gasteiger partial charge is 0.673 e. The number of rotatable bonds is 2. The molecule has 0 N–H and O–H groups in total. The maximum atomic E-state index is 9.75. The van der Waals surface area contributed by atoms with Crippen molar-refractivity contribution in [1.29, 1.82) is 0 Å². The van der Waals surface area contributed by atoms with Gasteiger partial charge in [-0.3, -0.25) is 0 Å². The van der Waals surface area contributed by atoms with Crippen LogP contribution in [0.25, 0.3) is 11.1 Å². The minimum absolute atomic E-state index is 1.33. The van der Waals surface area contributed by atoms with Crippen molar-refractivity contribution in [2.24, 2.45) is 0 Å². The molecule has 132 valence electrons. The van der Waals surface area contributed by atoms with Crippen molar-refractivity contribution in [3.63, 3.8) is 0 Å². The lowest BCUT2D eigenvalue weighted by molar-refractivity contribution is 0.368. The van der Waals surface area contributed by atoms with Crippen molar-refractivity contribution in [2.45, 2.75) is 39.5 Å². The minimum Gasteiger partial charge on any atom is -0.418 e. The van der Waals surface area contributed by atoms with Crippen LogP contribution in [0.4, 0.5) is 17.3 Å². The highest BCUT2D eigenvalue weighted by Crippen LogP contribution is 2.33. The van der Waals surface area contributed by atoms with Gasteiger partial charge in [0, 0.05) is 17.3 Å². The van der Waals surface area contributed by atoms with Crippen LogP contribution in [-0.4, -0.2) is 13.5 Å². The van der Waals surface area contributed by atoms with Crippen LogP contribution in [0.1, 0.15) is 27.8 Å². The molecule has 2 aromatic carbocycles. The van der Waals surface area contributed by atoms with E-state index in [0.29, 0.717) is 0 Å². The van der Waals surface area contributed by atoms with Crippen molar-refractivity contribution >= 4 is 19.0 Å². The molecule has 0 aliphatic heterocycles. The molecule has 0 fully saturated rings. The summed E-state index contributed by atoms with van der Waals surface area (Å²) in [4.78, 5) is 1.41. The summed E-state index contributed by atoms with van der Waals surface area (Å²) in [6.07, 6.45) is 2.21. The molecule has 0 unspecified atom stereocenters. The number of thiol groups is 1. The van der Waals surface area contributed by atoms with Crippen molar-refractivity contribution in [3.05, 3.63) is 52.1 Å². The number of aryl methyl sites for hydroxylation is 2. The zero-order valence-electron chi connectivity index (χ0n) is 14.8. The molecule has 0 aromatic heterocycles. The smallest absolute Gasteiger partial charge is 0.418 e. The Kier molecular flexibility index (Phi) is 6.96. The molecule has 0 nitrogen and oxygen atoms in total. The summed E-state index contributed by atoms with van der Waals surface area (Å²) in [6.45, 7) is 11.1. The van der Waals surface area contributed by atoms with Crippen molar-refractivity contribution in [2.75, 3.05) is 6.26 Å². The minimum atomic E-state index is -6.00. The quantitative estimate of drug-likeness (QED) is 0.267. The van der Waals surface area contributed by atoms with Gasteiger partial charge in [-0.05, 0) is 74.6 Å². The lowest BCUT2D eigenvalue weighted by Gasteiger charge is -2.15. The van der Waals surface area contributed by atoms with Gasteiger partial charge in [-0.25, -0.2) is 0 Å². The average Bonchev–Trinajstić information content (AvgIpc) is 2.47. The summed E-state index contributed by atoms with van der Waals surface area (Å²) in [5, 5.41) is 0. The fourth-order valence-corrected chi connectivity index (χ4v) is 3.20. The number of benzene rings is 2. The highest BCUT2D eigenvalue weighted by Gasteiger charge is 2.20. The van der Waals surface area contributed by atoms with Crippen LogP contribution in [0.15, 0.2) is 29.2 Å². The Morgan fingerprint density at radius 2 is 1.29 bits per heavy atom. The highest BCUT2D eigenvalue weighted by atomic mass is 32.2. The molecule has 0 amide bonds. The molecule has 0 heterocycles. The van der Waals surface area contributed by atoms with E-state index in [4.69, 9.17) is 0 Å². The topological polar surface area (TPSA) is 0 Å². The van der Waals surface area contributed by atoms with Crippen LogP contribution in [0.5, 0.6) is 0 Å². The van der Waals surface area contributed by atoms with Crippen molar-refractivity contribution < 1.29 is 17.3 Å². The van der Waals surface area contributed by atoms with E-state index in [-0.39, 0.29) is 0 Å². The van der Waals surface area contributed by atoms with Gasteiger partial charge < -0.3 is 17.3 Å². The molecule has 0 radical (unpaired) electrons. The molecular formula is C18H23BF4S. The molecule has 0 saturated heterocycles. The fraction of sp³-hybridized carbons (Fsp3) is 0.333. The monoisotopic (exact) mass is 358 g/mol. The summed E-state index contributed by atoms with van der Waals surface area (Å²) in [6, 6.07) is 9.14.